The van der Waals surface area contributed by atoms with E-state index in [0.717, 1.165) is 29.0 Å². The summed E-state index contributed by atoms with van der Waals surface area (Å²) >= 11 is 1.05. The van der Waals surface area contributed by atoms with Crippen LogP contribution in [-0.4, -0.2) is 17.6 Å². The largest absolute Gasteiger partial charge is 0.497 e. The molecule has 1 atom stereocenters. The molecular weight excluding hydrogens is 386 g/mol. The molecule has 8 heteroatoms. The lowest BCUT2D eigenvalue weighted by Crippen LogP contribution is -2.34. The van der Waals surface area contributed by atoms with Gasteiger partial charge < -0.3 is 4.74 Å². The van der Waals surface area contributed by atoms with Crippen molar-refractivity contribution in [3.8, 4) is 5.75 Å². The van der Waals surface area contributed by atoms with Gasteiger partial charge in [-0.05, 0) is 29.8 Å². The molecule has 1 aliphatic rings. The number of methoxy groups -OCH3 is 1. The first-order valence-electron chi connectivity index (χ1n) is 8.52. The zero-order chi connectivity index (χ0) is 20.0. The summed E-state index contributed by atoms with van der Waals surface area (Å²) in [7, 11) is 3.12. The van der Waals surface area contributed by atoms with E-state index in [1.807, 2.05) is 18.2 Å². The molecule has 1 aliphatic heterocycles. The Morgan fingerprint density at radius 1 is 1.11 bits per heavy atom. The number of aromatic nitrogens is 1. The summed E-state index contributed by atoms with van der Waals surface area (Å²) < 4.78 is 33.8. The number of anilines is 2. The Bertz CT molecular complexity index is 1140. The van der Waals surface area contributed by atoms with E-state index in [9.17, 15) is 18.4 Å². The quantitative estimate of drug-likeness (QED) is 0.667. The Morgan fingerprint density at radius 3 is 2.61 bits per heavy atom. The number of nitrogens with zero attached hydrogens (tertiary/aromatic N) is 2. The number of carbonyl (C=O) groups excluding carboxylic acids is 1. The monoisotopic (exact) mass is 402 g/mol. The standard InChI is InChI=1S/C20H16F2N2O3S/c1-23-19-18(28-20(23)26)14(11-4-3-5-13(8-11)27-2)10-17(25)24(19)12-6-7-15(21)16(22)9-12/h3-9,14H,10H2,1-2H3/t14-/m1/s1. The van der Waals surface area contributed by atoms with Gasteiger partial charge in [0.2, 0.25) is 5.91 Å². The normalized spacial score (nSPS) is 16.2. The number of fused-ring (bicyclic) bond motifs is 1. The Labute approximate surface area is 163 Å². The number of hydrogen-bond donors (Lipinski definition) is 0. The van der Waals surface area contributed by atoms with Gasteiger partial charge in [0.25, 0.3) is 0 Å². The summed E-state index contributed by atoms with van der Waals surface area (Å²) in [4.78, 5) is 27.2. The number of carbonyl (C=O) groups is 1. The molecule has 0 bridgehead atoms. The van der Waals surface area contributed by atoms with Crippen LogP contribution in [0.25, 0.3) is 0 Å². The second-order valence-electron chi connectivity index (χ2n) is 6.48. The highest BCUT2D eigenvalue weighted by atomic mass is 32.1. The molecule has 0 N–H and O–H groups in total. The number of ether oxygens (including phenoxy) is 1. The topological polar surface area (TPSA) is 51.5 Å². The van der Waals surface area contributed by atoms with Crippen molar-refractivity contribution in [2.45, 2.75) is 12.3 Å². The maximum absolute atomic E-state index is 13.8. The molecule has 0 aliphatic carbocycles. The third-order valence-corrected chi connectivity index (χ3v) is 5.96. The zero-order valence-corrected chi connectivity index (χ0v) is 15.9. The van der Waals surface area contributed by atoms with E-state index in [1.54, 1.807) is 20.2 Å². The van der Waals surface area contributed by atoms with Crippen LogP contribution in [0.15, 0.2) is 47.3 Å². The lowest BCUT2D eigenvalue weighted by atomic mass is 9.90. The van der Waals surface area contributed by atoms with E-state index in [-0.39, 0.29) is 28.8 Å². The summed E-state index contributed by atoms with van der Waals surface area (Å²) in [6.07, 6.45) is 0.0963. The van der Waals surface area contributed by atoms with Crippen molar-refractivity contribution in [3.63, 3.8) is 0 Å². The SMILES string of the molecule is COc1cccc([C@H]2CC(=O)N(c3ccc(F)c(F)c3)c3c2sc(=O)n3C)c1. The van der Waals surface area contributed by atoms with Crippen molar-refractivity contribution in [2.24, 2.45) is 7.05 Å². The van der Waals surface area contributed by atoms with Crippen molar-refractivity contribution in [2.75, 3.05) is 12.0 Å². The van der Waals surface area contributed by atoms with E-state index in [4.69, 9.17) is 4.74 Å². The third-order valence-electron chi connectivity index (χ3n) is 4.82. The van der Waals surface area contributed by atoms with Gasteiger partial charge in [-0.2, -0.15) is 0 Å². The Morgan fingerprint density at radius 2 is 1.89 bits per heavy atom. The molecule has 2 heterocycles. The van der Waals surface area contributed by atoms with Crippen LogP contribution in [0.1, 0.15) is 22.8 Å². The van der Waals surface area contributed by atoms with Crippen molar-refractivity contribution in [3.05, 3.63) is 74.2 Å². The zero-order valence-electron chi connectivity index (χ0n) is 15.1. The minimum absolute atomic E-state index is 0.0963. The average Bonchev–Trinajstić information content (AvgIpc) is 2.98. The van der Waals surface area contributed by atoms with E-state index < -0.39 is 11.6 Å². The summed E-state index contributed by atoms with van der Waals surface area (Å²) in [6.45, 7) is 0. The molecule has 3 aromatic rings. The molecule has 144 valence electrons. The van der Waals surface area contributed by atoms with Crippen molar-refractivity contribution in [1.29, 1.82) is 0 Å². The number of hydrogen-bond acceptors (Lipinski definition) is 4. The molecular formula is C20H16F2N2O3S. The Hall–Kier alpha value is -3.00. The van der Waals surface area contributed by atoms with Crippen LogP contribution in [-0.2, 0) is 11.8 Å². The fourth-order valence-electron chi connectivity index (χ4n) is 3.44. The number of amides is 1. The summed E-state index contributed by atoms with van der Waals surface area (Å²) in [5, 5.41) is 0. The second-order valence-corrected chi connectivity index (χ2v) is 7.47. The first kappa shape index (κ1) is 18.4. The van der Waals surface area contributed by atoms with E-state index in [1.165, 1.54) is 15.5 Å². The number of benzene rings is 2. The molecule has 4 rings (SSSR count). The van der Waals surface area contributed by atoms with Crippen LogP contribution >= 0.6 is 11.3 Å². The first-order valence-corrected chi connectivity index (χ1v) is 9.34. The molecule has 1 amide bonds. The Balaban J connectivity index is 1.89. The number of halogens is 2. The van der Waals surface area contributed by atoms with Crippen LogP contribution in [0.3, 0.4) is 0 Å². The molecule has 1 aromatic heterocycles. The highest BCUT2D eigenvalue weighted by molar-refractivity contribution is 7.10. The highest BCUT2D eigenvalue weighted by Gasteiger charge is 2.37. The van der Waals surface area contributed by atoms with Gasteiger partial charge in [-0.3, -0.25) is 19.1 Å². The molecule has 0 saturated heterocycles. The lowest BCUT2D eigenvalue weighted by Gasteiger charge is -2.32. The molecule has 0 saturated carbocycles. The number of rotatable bonds is 3. The van der Waals surface area contributed by atoms with Crippen LogP contribution in [0.5, 0.6) is 5.75 Å². The first-order chi connectivity index (χ1) is 13.4. The molecule has 0 radical (unpaired) electrons. The van der Waals surface area contributed by atoms with Crippen molar-refractivity contribution >= 4 is 28.7 Å². The van der Waals surface area contributed by atoms with Gasteiger partial charge in [-0.1, -0.05) is 23.5 Å². The lowest BCUT2D eigenvalue weighted by molar-refractivity contribution is -0.118. The fraction of sp³-hybridized carbons (Fsp3) is 0.200. The van der Waals surface area contributed by atoms with Crippen molar-refractivity contribution < 1.29 is 18.3 Å². The summed E-state index contributed by atoms with van der Waals surface area (Å²) in [6, 6.07) is 10.6. The fourth-order valence-corrected chi connectivity index (χ4v) is 4.53. The van der Waals surface area contributed by atoms with Crippen LogP contribution in [0, 0.1) is 11.6 Å². The minimum atomic E-state index is -1.05. The second kappa shape index (κ2) is 6.87. The third kappa shape index (κ3) is 2.90. The van der Waals surface area contributed by atoms with Crippen LogP contribution < -0.4 is 14.5 Å². The van der Waals surface area contributed by atoms with Gasteiger partial charge in [0.1, 0.15) is 11.6 Å². The molecule has 0 spiro atoms. The van der Waals surface area contributed by atoms with Gasteiger partial charge >= 0.3 is 4.87 Å². The van der Waals surface area contributed by atoms with Gasteiger partial charge in [-0.15, -0.1) is 0 Å². The predicted molar refractivity (Wildman–Crippen MR) is 103 cm³/mol. The maximum Gasteiger partial charge on any atom is 0.308 e. The smallest absolute Gasteiger partial charge is 0.308 e. The van der Waals surface area contributed by atoms with Gasteiger partial charge in [0.05, 0.1) is 17.7 Å². The van der Waals surface area contributed by atoms with E-state index in [2.05, 4.69) is 0 Å². The molecule has 2 aromatic carbocycles. The minimum Gasteiger partial charge on any atom is -0.497 e. The van der Waals surface area contributed by atoms with Gasteiger partial charge in [0, 0.05) is 25.5 Å². The van der Waals surface area contributed by atoms with Gasteiger partial charge in [-0.25, -0.2) is 8.78 Å². The van der Waals surface area contributed by atoms with Gasteiger partial charge in [0.15, 0.2) is 11.6 Å². The molecule has 28 heavy (non-hydrogen) atoms. The molecule has 0 fully saturated rings. The van der Waals surface area contributed by atoms with E-state index in [0.29, 0.717) is 16.4 Å². The van der Waals surface area contributed by atoms with Crippen LogP contribution in [0.2, 0.25) is 0 Å². The van der Waals surface area contributed by atoms with E-state index >= 15 is 0 Å². The molecule has 0 unspecified atom stereocenters. The summed E-state index contributed by atoms with van der Waals surface area (Å²) in [5.74, 6) is -1.65. The van der Waals surface area contributed by atoms with Crippen LogP contribution in [0.4, 0.5) is 20.3 Å². The Kier molecular flexibility index (Phi) is 4.50. The number of thiazole rings is 1. The predicted octanol–water partition coefficient (Wildman–Crippen LogP) is 3.93. The average molecular weight is 402 g/mol. The maximum atomic E-state index is 13.8. The summed E-state index contributed by atoms with van der Waals surface area (Å²) in [5.41, 5.74) is 1.03. The highest BCUT2D eigenvalue weighted by Crippen LogP contribution is 2.45. The molecule has 5 nitrogen and oxygen atoms in total. The van der Waals surface area contributed by atoms with Crippen molar-refractivity contribution in [1.82, 2.24) is 4.57 Å².